The molecule has 0 spiro atoms. The van der Waals surface area contributed by atoms with Gasteiger partial charge in [-0.05, 0) is 37.5 Å². The van der Waals surface area contributed by atoms with Gasteiger partial charge in [-0.2, -0.15) is 0 Å². The average molecular weight is 211 g/mol. The molecule has 0 bridgehead atoms. The zero-order valence-electron chi connectivity index (χ0n) is 10.1. The van der Waals surface area contributed by atoms with E-state index in [4.69, 9.17) is 0 Å². The Bertz CT molecular complexity index is 215. The maximum Gasteiger partial charge on any atom is 0.0693 e. The Balaban J connectivity index is 1.92. The van der Waals surface area contributed by atoms with Crippen LogP contribution in [0.1, 0.15) is 58.8 Å². The Hall–Kier alpha value is -0.0800. The van der Waals surface area contributed by atoms with E-state index < -0.39 is 0 Å². The van der Waals surface area contributed by atoms with Crippen LogP contribution in [0.2, 0.25) is 0 Å². The molecule has 0 saturated heterocycles. The Morgan fingerprint density at radius 2 is 1.87 bits per heavy atom. The minimum Gasteiger partial charge on any atom is -0.392 e. The number of rotatable bonds is 2. The van der Waals surface area contributed by atoms with E-state index in [1.807, 2.05) is 0 Å². The second kappa shape index (κ2) is 4.42. The summed E-state index contributed by atoms with van der Waals surface area (Å²) in [6, 6.07) is 0.983. The largest absolute Gasteiger partial charge is 0.392 e. The van der Waals surface area contributed by atoms with Gasteiger partial charge in [0.1, 0.15) is 0 Å². The highest BCUT2D eigenvalue weighted by molar-refractivity contribution is 4.93. The molecule has 3 atom stereocenters. The first-order valence-corrected chi connectivity index (χ1v) is 6.54. The van der Waals surface area contributed by atoms with Gasteiger partial charge in [0.15, 0.2) is 0 Å². The molecule has 2 heteroatoms. The van der Waals surface area contributed by atoms with E-state index in [-0.39, 0.29) is 6.10 Å². The molecule has 0 aliphatic heterocycles. The van der Waals surface area contributed by atoms with Gasteiger partial charge in [0.2, 0.25) is 0 Å². The van der Waals surface area contributed by atoms with E-state index in [0.29, 0.717) is 17.5 Å². The van der Waals surface area contributed by atoms with Crippen molar-refractivity contribution in [3.63, 3.8) is 0 Å². The van der Waals surface area contributed by atoms with Crippen LogP contribution < -0.4 is 5.32 Å². The number of nitrogens with one attached hydrogen (secondary N) is 1. The van der Waals surface area contributed by atoms with Crippen LogP contribution in [0.15, 0.2) is 0 Å². The second-order valence-electron chi connectivity index (χ2n) is 6.06. The zero-order valence-corrected chi connectivity index (χ0v) is 10.1. The van der Waals surface area contributed by atoms with E-state index in [1.54, 1.807) is 0 Å². The van der Waals surface area contributed by atoms with Crippen LogP contribution in [-0.4, -0.2) is 23.3 Å². The van der Waals surface area contributed by atoms with Crippen molar-refractivity contribution in [2.75, 3.05) is 0 Å². The van der Waals surface area contributed by atoms with Crippen molar-refractivity contribution in [1.29, 1.82) is 0 Å². The summed E-state index contributed by atoms with van der Waals surface area (Å²) in [5.41, 5.74) is 0.417. The van der Waals surface area contributed by atoms with Gasteiger partial charge in [-0.3, -0.25) is 0 Å². The lowest BCUT2D eigenvalue weighted by molar-refractivity contribution is 0.103. The summed E-state index contributed by atoms with van der Waals surface area (Å²) >= 11 is 0. The normalized spacial score (nSPS) is 40.6. The van der Waals surface area contributed by atoms with Crippen molar-refractivity contribution in [3.8, 4) is 0 Å². The molecule has 2 fully saturated rings. The lowest BCUT2D eigenvalue weighted by atomic mass is 9.73. The van der Waals surface area contributed by atoms with Crippen LogP contribution >= 0.6 is 0 Å². The van der Waals surface area contributed by atoms with Crippen molar-refractivity contribution in [2.45, 2.75) is 77.0 Å². The quantitative estimate of drug-likeness (QED) is 0.735. The summed E-state index contributed by atoms with van der Waals surface area (Å²) in [5.74, 6) is 0. The molecule has 2 aliphatic rings. The first-order chi connectivity index (χ1) is 7.09. The maximum absolute atomic E-state index is 9.83. The van der Waals surface area contributed by atoms with Crippen LogP contribution in [0.3, 0.4) is 0 Å². The van der Waals surface area contributed by atoms with E-state index in [0.717, 1.165) is 12.8 Å². The first-order valence-electron chi connectivity index (χ1n) is 6.54. The molecular formula is C13H25NO. The number of aliphatic hydroxyl groups excluding tert-OH is 1. The van der Waals surface area contributed by atoms with Gasteiger partial charge in [-0.25, -0.2) is 0 Å². The van der Waals surface area contributed by atoms with Crippen LogP contribution in [0.4, 0.5) is 0 Å². The van der Waals surface area contributed by atoms with Gasteiger partial charge < -0.3 is 10.4 Å². The van der Waals surface area contributed by atoms with Crippen molar-refractivity contribution in [1.82, 2.24) is 5.32 Å². The summed E-state index contributed by atoms with van der Waals surface area (Å²) in [5, 5.41) is 13.5. The summed E-state index contributed by atoms with van der Waals surface area (Å²) in [6.45, 7) is 4.73. The lowest BCUT2D eigenvalue weighted by Gasteiger charge is -2.41. The Kier molecular flexibility index (Phi) is 3.36. The number of hydrogen-bond acceptors (Lipinski definition) is 2. The van der Waals surface area contributed by atoms with Crippen LogP contribution in [0, 0.1) is 5.41 Å². The molecule has 1 unspecified atom stereocenters. The Labute approximate surface area is 93.5 Å². The molecule has 2 rings (SSSR count). The highest BCUT2D eigenvalue weighted by Gasteiger charge is 2.35. The van der Waals surface area contributed by atoms with Gasteiger partial charge in [0.05, 0.1) is 6.10 Å². The molecule has 0 aromatic rings. The maximum atomic E-state index is 9.83. The molecule has 0 radical (unpaired) electrons. The summed E-state index contributed by atoms with van der Waals surface area (Å²) in [7, 11) is 0. The van der Waals surface area contributed by atoms with Crippen LogP contribution in [0.25, 0.3) is 0 Å². The fraction of sp³-hybridized carbons (Fsp3) is 1.00. The predicted octanol–water partition coefficient (Wildman–Crippen LogP) is 2.46. The van der Waals surface area contributed by atoms with Gasteiger partial charge in [-0.15, -0.1) is 0 Å². The molecule has 0 aromatic carbocycles. The molecular weight excluding hydrogens is 186 g/mol. The second-order valence-corrected chi connectivity index (χ2v) is 6.06. The molecule has 15 heavy (non-hydrogen) atoms. The third kappa shape index (κ3) is 2.54. The van der Waals surface area contributed by atoms with Gasteiger partial charge >= 0.3 is 0 Å². The molecule has 0 aromatic heterocycles. The summed E-state index contributed by atoms with van der Waals surface area (Å²) in [6.07, 6.45) is 8.58. The molecule has 88 valence electrons. The molecule has 2 nitrogen and oxygen atoms in total. The minimum absolute atomic E-state index is 0.0947. The minimum atomic E-state index is -0.0947. The highest BCUT2D eigenvalue weighted by Crippen LogP contribution is 2.36. The molecule has 0 heterocycles. The smallest absolute Gasteiger partial charge is 0.0693 e. The lowest BCUT2D eigenvalue weighted by Crippen LogP contribution is -2.50. The topological polar surface area (TPSA) is 32.3 Å². The Morgan fingerprint density at radius 3 is 2.47 bits per heavy atom. The monoisotopic (exact) mass is 211 g/mol. The fourth-order valence-electron chi connectivity index (χ4n) is 3.20. The molecule has 0 amide bonds. The van der Waals surface area contributed by atoms with E-state index in [1.165, 1.54) is 32.1 Å². The van der Waals surface area contributed by atoms with E-state index in [9.17, 15) is 5.11 Å². The van der Waals surface area contributed by atoms with Crippen molar-refractivity contribution in [3.05, 3.63) is 0 Å². The van der Waals surface area contributed by atoms with E-state index in [2.05, 4.69) is 19.2 Å². The number of aliphatic hydroxyl groups is 1. The van der Waals surface area contributed by atoms with Crippen molar-refractivity contribution >= 4 is 0 Å². The predicted molar refractivity (Wildman–Crippen MR) is 62.8 cm³/mol. The third-order valence-electron chi connectivity index (χ3n) is 4.40. The standard InChI is InChI=1S/C13H25NO/c1-13(2)9-4-3-8-12(13)14-10-6-5-7-11(10)15/h10-12,14-15H,3-9H2,1-2H3/t10-,11-,12?/m0/s1. The van der Waals surface area contributed by atoms with Gasteiger partial charge in [0.25, 0.3) is 0 Å². The van der Waals surface area contributed by atoms with E-state index >= 15 is 0 Å². The third-order valence-corrected chi connectivity index (χ3v) is 4.40. The molecule has 2 N–H and O–H groups in total. The molecule has 2 saturated carbocycles. The number of hydrogen-bond donors (Lipinski definition) is 2. The first kappa shape index (κ1) is 11.4. The van der Waals surface area contributed by atoms with Gasteiger partial charge in [-0.1, -0.05) is 26.7 Å². The zero-order chi connectivity index (χ0) is 10.9. The highest BCUT2D eigenvalue weighted by atomic mass is 16.3. The fourth-order valence-corrected chi connectivity index (χ4v) is 3.20. The Morgan fingerprint density at radius 1 is 1.07 bits per heavy atom. The molecule has 2 aliphatic carbocycles. The summed E-state index contributed by atoms with van der Waals surface area (Å²) < 4.78 is 0. The summed E-state index contributed by atoms with van der Waals surface area (Å²) in [4.78, 5) is 0. The van der Waals surface area contributed by atoms with Crippen LogP contribution in [-0.2, 0) is 0 Å². The van der Waals surface area contributed by atoms with Crippen molar-refractivity contribution in [2.24, 2.45) is 5.41 Å². The van der Waals surface area contributed by atoms with Gasteiger partial charge in [0, 0.05) is 12.1 Å². The average Bonchev–Trinajstić information content (AvgIpc) is 2.56. The SMILES string of the molecule is CC1(C)CCCCC1N[C@H]1CCC[C@@H]1O. The van der Waals surface area contributed by atoms with Crippen molar-refractivity contribution < 1.29 is 5.11 Å². The van der Waals surface area contributed by atoms with Crippen LogP contribution in [0.5, 0.6) is 0 Å².